The van der Waals surface area contributed by atoms with Gasteiger partial charge in [-0.05, 0) is 42.6 Å². The van der Waals surface area contributed by atoms with Crippen LogP contribution in [0.3, 0.4) is 0 Å². The first-order valence-electron chi connectivity index (χ1n) is 6.49. The van der Waals surface area contributed by atoms with E-state index in [0.717, 1.165) is 20.5 Å². The lowest BCUT2D eigenvalue weighted by molar-refractivity contribution is 0.563. The third-order valence-electron chi connectivity index (χ3n) is 3.41. The quantitative estimate of drug-likeness (QED) is 0.566. The van der Waals surface area contributed by atoms with E-state index in [1.54, 1.807) is 18.2 Å². The molecule has 0 saturated heterocycles. The average molecular weight is 304 g/mol. The molecule has 0 aliphatic carbocycles. The number of nitrogens with two attached hydrogens (primary N) is 1. The first-order valence-corrected chi connectivity index (χ1v) is 7.31. The number of fused-ring (bicyclic) bond motifs is 1. The molecule has 3 aromatic rings. The van der Waals surface area contributed by atoms with Crippen molar-refractivity contribution in [2.75, 3.05) is 0 Å². The van der Waals surface area contributed by atoms with Gasteiger partial charge in [-0.15, -0.1) is 11.3 Å². The van der Waals surface area contributed by atoms with Crippen molar-refractivity contribution in [2.45, 2.75) is 13.0 Å². The SMILES string of the molecule is Cc1ccc(F)c(C(NN)c2cc3cc(F)ccc3s2)c1. The van der Waals surface area contributed by atoms with Crippen LogP contribution in [0.15, 0.2) is 42.5 Å². The van der Waals surface area contributed by atoms with Crippen LogP contribution in [0.5, 0.6) is 0 Å². The van der Waals surface area contributed by atoms with Crippen molar-refractivity contribution < 1.29 is 8.78 Å². The smallest absolute Gasteiger partial charge is 0.128 e. The van der Waals surface area contributed by atoms with Gasteiger partial charge in [-0.25, -0.2) is 14.2 Å². The van der Waals surface area contributed by atoms with Crippen molar-refractivity contribution in [2.24, 2.45) is 5.84 Å². The van der Waals surface area contributed by atoms with E-state index < -0.39 is 6.04 Å². The summed E-state index contributed by atoms with van der Waals surface area (Å²) in [6.45, 7) is 1.90. The summed E-state index contributed by atoms with van der Waals surface area (Å²) in [5, 5.41) is 0.795. The summed E-state index contributed by atoms with van der Waals surface area (Å²) in [4.78, 5) is 0.850. The largest absolute Gasteiger partial charge is 0.271 e. The Balaban J connectivity index is 2.11. The molecule has 0 amide bonds. The fraction of sp³-hybridized carbons (Fsp3) is 0.125. The highest BCUT2D eigenvalue weighted by Gasteiger charge is 2.19. The topological polar surface area (TPSA) is 38.0 Å². The van der Waals surface area contributed by atoms with Crippen molar-refractivity contribution in [3.05, 3.63) is 70.1 Å². The Morgan fingerprint density at radius 2 is 1.90 bits per heavy atom. The van der Waals surface area contributed by atoms with Crippen LogP contribution in [0.25, 0.3) is 10.1 Å². The van der Waals surface area contributed by atoms with Crippen LogP contribution in [0.1, 0.15) is 22.0 Å². The Bertz CT molecular complexity index is 798. The van der Waals surface area contributed by atoms with Gasteiger partial charge in [0.2, 0.25) is 0 Å². The third kappa shape index (κ3) is 2.68. The van der Waals surface area contributed by atoms with Gasteiger partial charge in [-0.3, -0.25) is 5.84 Å². The zero-order chi connectivity index (χ0) is 15.0. The Labute approximate surface area is 125 Å². The van der Waals surface area contributed by atoms with Gasteiger partial charge in [0.25, 0.3) is 0 Å². The van der Waals surface area contributed by atoms with E-state index in [-0.39, 0.29) is 11.6 Å². The van der Waals surface area contributed by atoms with E-state index in [0.29, 0.717) is 5.56 Å². The highest BCUT2D eigenvalue weighted by molar-refractivity contribution is 7.19. The number of benzene rings is 2. The zero-order valence-electron chi connectivity index (χ0n) is 11.4. The van der Waals surface area contributed by atoms with Crippen molar-refractivity contribution in [3.8, 4) is 0 Å². The number of hydrazine groups is 1. The molecule has 2 nitrogen and oxygen atoms in total. The number of aryl methyl sites for hydroxylation is 1. The monoisotopic (exact) mass is 304 g/mol. The maximum atomic E-state index is 14.1. The standard InChI is InChI=1S/C16H14F2N2S/c1-9-2-4-13(18)12(6-9)16(20-19)15-8-10-7-11(17)3-5-14(10)21-15/h2-8,16,20H,19H2,1H3. The predicted molar refractivity (Wildman–Crippen MR) is 82.1 cm³/mol. The predicted octanol–water partition coefficient (Wildman–Crippen LogP) is 4.04. The van der Waals surface area contributed by atoms with Crippen LogP contribution < -0.4 is 11.3 Å². The highest BCUT2D eigenvalue weighted by atomic mass is 32.1. The van der Waals surface area contributed by atoms with Gasteiger partial charge in [-0.2, -0.15) is 0 Å². The van der Waals surface area contributed by atoms with Crippen LogP contribution >= 0.6 is 11.3 Å². The lowest BCUT2D eigenvalue weighted by Crippen LogP contribution is -2.29. The van der Waals surface area contributed by atoms with Gasteiger partial charge >= 0.3 is 0 Å². The average Bonchev–Trinajstić information content (AvgIpc) is 2.86. The molecule has 1 atom stereocenters. The van der Waals surface area contributed by atoms with E-state index in [4.69, 9.17) is 5.84 Å². The third-order valence-corrected chi connectivity index (χ3v) is 4.59. The second-order valence-corrected chi connectivity index (χ2v) is 6.07. The van der Waals surface area contributed by atoms with Gasteiger partial charge in [0, 0.05) is 15.1 Å². The van der Waals surface area contributed by atoms with Crippen molar-refractivity contribution in [1.29, 1.82) is 0 Å². The van der Waals surface area contributed by atoms with Crippen LogP contribution in [-0.4, -0.2) is 0 Å². The summed E-state index contributed by atoms with van der Waals surface area (Å²) in [6.07, 6.45) is 0. The number of rotatable bonds is 3. The Kier molecular flexibility index (Phi) is 3.71. The van der Waals surface area contributed by atoms with E-state index in [2.05, 4.69) is 5.43 Å². The van der Waals surface area contributed by atoms with Gasteiger partial charge in [0.15, 0.2) is 0 Å². The normalized spacial score (nSPS) is 12.8. The summed E-state index contributed by atoms with van der Waals surface area (Å²) < 4.78 is 28.3. The first-order chi connectivity index (χ1) is 10.1. The van der Waals surface area contributed by atoms with Crippen molar-refractivity contribution in [3.63, 3.8) is 0 Å². The summed E-state index contributed by atoms with van der Waals surface area (Å²) in [5.41, 5.74) is 4.10. The molecule has 1 unspecified atom stereocenters. The van der Waals surface area contributed by atoms with Gasteiger partial charge in [0.1, 0.15) is 11.6 Å². The van der Waals surface area contributed by atoms with E-state index in [1.165, 1.54) is 29.5 Å². The van der Waals surface area contributed by atoms with Crippen molar-refractivity contribution >= 4 is 21.4 Å². The Morgan fingerprint density at radius 3 is 2.67 bits per heavy atom. The molecule has 1 aromatic heterocycles. The number of thiophene rings is 1. The van der Waals surface area contributed by atoms with Gasteiger partial charge in [-0.1, -0.05) is 17.7 Å². The molecule has 2 aromatic carbocycles. The molecular weight excluding hydrogens is 290 g/mol. The summed E-state index contributed by atoms with van der Waals surface area (Å²) in [7, 11) is 0. The molecule has 21 heavy (non-hydrogen) atoms. The molecule has 3 rings (SSSR count). The van der Waals surface area contributed by atoms with Crippen molar-refractivity contribution in [1.82, 2.24) is 5.43 Å². The molecule has 108 valence electrons. The molecule has 3 N–H and O–H groups in total. The van der Waals surface area contributed by atoms with Crippen LogP contribution in [0, 0.1) is 18.6 Å². The fourth-order valence-electron chi connectivity index (χ4n) is 2.39. The maximum absolute atomic E-state index is 14.1. The zero-order valence-corrected chi connectivity index (χ0v) is 12.2. The molecule has 0 spiro atoms. The van der Waals surface area contributed by atoms with Gasteiger partial charge in [0.05, 0.1) is 6.04 Å². The van der Waals surface area contributed by atoms with E-state index in [1.807, 2.05) is 13.0 Å². The molecular formula is C16H14F2N2S. The van der Waals surface area contributed by atoms with E-state index in [9.17, 15) is 8.78 Å². The van der Waals surface area contributed by atoms with Crippen LogP contribution in [0.2, 0.25) is 0 Å². The van der Waals surface area contributed by atoms with Gasteiger partial charge < -0.3 is 0 Å². The maximum Gasteiger partial charge on any atom is 0.128 e. The fourth-order valence-corrected chi connectivity index (χ4v) is 3.51. The summed E-state index contributed by atoms with van der Waals surface area (Å²) in [5.74, 6) is 5.02. The lowest BCUT2D eigenvalue weighted by Gasteiger charge is -2.16. The number of halogens is 2. The van der Waals surface area contributed by atoms with Crippen LogP contribution in [0.4, 0.5) is 8.78 Å². The minimum Gasteiger partial charge on any atom is -0.271 e. The molecule has 5 heteroatoms. The molecule has 1 heterocycles. The highest BCUT2D eigenvalue weighted by Crippen LogP contribution is 2.34. The van der Waals surface area contributed by atoms with Crippen LogP contribution in [-0.2, 0) is 0 Å². The first kappa shape index (κ1) is 14.1. The summed E-state index contributed by atoms with van der Waals surface area (Å²) >= 11 is 1.47. The molecule has 0 bridgehead atoms. The second kappa shape index (κ2) is 5.52. The minimum absolute atomic E-state index is 0.286. The Morgan fingerprint density at radius 1 is 1.10 bits per heavy atom. The molecule has 0 aliphatic heterocycles. The number of nitrogens with one attached hydrogen (secondary N) is 1. The summed E-state index contributed by atoms with van der Waals surface area (Å²) in [6, 6.07) is 10.9. The second-order valence-electron chi connectivity index (χ2n) is 4.96. The molecule has 0 fully saturated rings. The number of hydrogen-bond donors (Lipinski definition) is 2. The van der Waals surface area contributed by atoms with E-state index >= 15 is 0 Å². The minimum atomic E-state index is -0.453. The number of hydrogen-bond acceptors (Lipinski definition) is 3. The molecule has 0 radical (unpaired) electrons. The molecule has 0 saturated carbocycles. The molecule has 0 aliphatic rings. The lowest BCUT2D eigenvalue weighted by atomic mass is 10.0. The Hall–Kier alpha value is -1.82.